The Morgan fingerprint density at radius 2 is 2.14 bits per heavy atom. The van der Waals surface area contributed by atoms with E-state index in [4.69, 9.17) is 10.5 Å². The zero-order chi connectivity index (χ0) is 15.8. The fourth-order valence-electron chi connectivity index (χ4n) is 3.40. The van der Waals surface area contributed by atoms with Gasteiger partial charge in [-0.05, 0) is 69.3 Å². The van der Waals surface area contributed by atoms with Gasteiger partial charge >= 0.3 is 0 Å². The maximum absolute atomic E-state index is 6.08. The van der Waals surface area contributed by atoms with E-state index < -0.39 is 0 Å². The van der Waals surface area contributed by atoms with Gasteiger partial charge in [-0.2, -0.15) is 0 Å². The summed E-state index contributed by atoms with van der Waals surface area (Å²) < 4.78 is 5.64. The van der Waals surface area contributed by atoms with Crippen molar-refractivity contribution in [2.45, 2.75) is 64.8 Å². The second-order valence-electron chi connectivity index (χ2n) is 6.42. The van der Waals surface area contributed by atoms with Crippen LogP contribution < -0.4 is 10.5 Å². The monoisotopic (exact) mass is 304 g/mol. The van der Waals surface area contributed by atoms with Crippen LogP contribution in [0.4, 0.5) is 5.69 Å². The summed E-state index contributed by atoms with van der Waals surface area (Å²) in [7, 11) is 0. The van der Waals surface area contributed by atoms with Crippen molar-refractivity contribution >= 4 is 5.69 Å². The number of likely N-dealkylation sites (tertiary alicyclic amines) is 1. The summed E-state index contributed by atoms with van der Waals surface area (Å²) in [5, 5.41) is 0. The maximum Gasteiger partial charge on any atom is 0.142 e. The fraction of sp³-hybridized carbons (Fsp3) is 0.684. The molecule has 1 heterocycles. The van der Waals surface area contributed by atoms with Gasteiger partial charge in [-0.1, -0.05) is 26.3 Å². The van der Waals surface area contributed by atoms with E-state index in [1.165, 1.54) is 50.8 Å². The van der Waals surface area contributed by atoms with E-state index in [2.05, 4.69) is 30.9 Å². The molecule has 0 aliphatic carbocycles. The summed E-state index contributed by atoms with van der Waals surface area (Å²) in [6.45, 7) is 7.65. The molecule has 0 bridgehead atoms. The van der Waals surface area contributed by atoms with E-state index in [0.717, 1.165) is 36.9 Å². The second-order valence-corrected chi connectivity index (χ2v) is 6.42. The van der Waals surface area contributed by atoms with Crippen LogP contribution in [0.5, 0.6) is 5.75 Å². The molecule has 0 aromatic heterocycles. The van der Waals surface area contributed by atoms with Gasteiger partial charge in [0, 0.05) is 6.04 Å². The number of hydrogen-bond donors (Lipinski definition) is 1. The summed E-state index contributed by atoms with van der Waals surface area (Å²) in [6, 6.07) is 7.08. The lowest BCUT2D eigenvalue weighted by molar-refractivity contribution is 0.142. The van der Waals surface area contributed by atoms with E-state index in [1.54, 1.807) is 0 Å². The number of aryl methyl sites for hydroxylation is 1. The molecule has 1 aliphatic rings. The van der Waals surface area contributed by atoms with E-state index in [0.29, 0.717) is 0 Å². The average Bonchev–Trinajstić information content (AvgIpc) is 2.54. The van der Waals surface area contributed by atoms with Crippen LogP contribution in [-0.4, -0.2) is 30.6 Å². The Balaban J connectivity index is 1.80. The van der Waals surface area contributed by atoms with E-state index in [-0.39, 0.29) is 0 Å². The third-order valence-corrected chi connectivity index (χ3v) is 4.67. The molecule has 1 aromatic carbocycles. The normalized spacial score (nSPS) is 19.3. The Bertz CT molecular complexity index is 447. The largest absolute Gasteiger partial charge is 0.491 e. The molecule has 3 heteroatoms. The molecule has 124 valence electrons. The fourth-order valence-corrected chi connectivity index (χ4v) is 3.40. The van der Waals surface area contributed by atoms with Crippen molar-refractivity contribution in [1.82, 2.24) is 4.90 Å². The first-order chi connectivity index (χ1) is 10.7. The van der Waals surface area contributed by atoms with Crippen molar-refractivity contribution in [3.63, 3.8) is 0 Å². The van der Waals surface area contributed by atoms with Crippen molar-refractivity contribution < 1.29 is 4.74 Å². The molecular formula is C19H32N2O. The van der Waals surface area contributed by atoms with E-state index in [1.807, 2.05) is 6.07 Å². The Hall–Kier alpha value is -1.22. The lowest BCUT2D eigenvalue weighted by atomic mass is 9.99. The molecule has 1 saturated heterocycles. The van der Waals surface area contributed by atoms with Gasteiger partial charge in [0.05, 0.1) is 12.3 Å². The van der Waals surface area contributed by atoms with Crippen LogP contribution in [0.25, 0.3) is 0 Å². The van der Waals surface area contributed by atoms with E-state index >= 15 is 0 Å². The summed E-state index contributed by atoms with van der Waals surface area (Å²) in [4.78, 5) is 2.69. The summed E-state index contributed by atoms with van der Waals surface area (Å²) >= 11 is 0. The average molecular weight is 304 g/mol. The van der Waals surface area contributed by atoms with Gasteiger partial charge < -0.3 is 15.4 Å². The molecule has 0 saturated carbocycles. The molecule has 1 unspecified atom stereocenters. The third kappa shape index (κ3) is 4.91. The zero-order valence-corrected chi connectivity index (χ0v) is 14.3. The molecule has 3 nitrogen and oxygen atoms in total. The van der Waals surface area contributed by atoms with Gasteiger partial charge in [0.1, 0.15) is 5.75 Å². The molecule has 2 N–H and O–H groups in total. The molecular weight excluding hydrogens is 272 g/mol. The second kappa shape index (κ2) is 9.04. The van der Waals surface area contributed by atoms with Gasteiger partial charge in [0.15, 0.2) is 0 Å². The van der Waals surface area contributed by atoms with Crippen LogP contribution in [-0.2, 0) is 6.42 Å². The lowest BCUT2D eigenvalue weighted by Gasteiger charge is -2.35. The molecule has 1 fully saturated rings. The highest BCUT2D eigenvalue weighted by Crippen LogP contribution is 2.24. The molecule has 0 amide bonds. The number of nitrogen functional groups attached to an aromatic ring is 1. The van der Waals surface area contributed by atoms with Crippen LogP contribution >= 0.6 is 0 Å². The van der Waals surface area contributed by atoms with Crippen LogP contribution in [0.15, 0.2) is 18.2 Å². The van der Waals surface area contributed by atoms with Crippen molar-refractivity contribution in [3.05, 3.63) is 23.8 Å². The minimum atomic E-state index is 0.733. The van der Waals surface area contributed by atoms with Crippen LogP contribution in [0.3, 0.4) is 0 Å². The zero-order valence-electron chi connectivity index (χ0n) is 14.3. The Morgan fingerprint density at radius 3 is 2.86 bits per heavy atom. The SMILES string of the molecule is CCCOc1ccc(CCCN2CCCCC2CC)cc1N. The van der Waals surface area contributed by atoms with Gasteiger partial charge in [-0.3, -0.25) is 0 Å². The summed E-state index contributed by atoms with van der Waals surface area (Å²) in [6.07, 6.45) is 8.77. The summed E-state index contributed by atoms with van der Waals surface area (Å²) in [5.74, 6) is 0.827. The number of ether oxygens (including phenoxy) is 1. The lowest BCUT2D eigenvalue weighted by Crippen LogP contribution is -2.39. The minimum Gasteiger partial charge on any atom is -0.491 e. The highest BCUT2D eigenvalue weighted by molar-refractivity contribution is 5.54. The Kier molecular flexibility index (Phi) is 7.04. The maximum atomic E-state index is 6.08. The predicted molar refractivity (Wildman–Crippen MR) is 94.5 cm³/mol. The quantitative estimate of drug-likeness (QED) is 0.729. The first-order valence-electron chi connectivity index (χ1n) is 8.99. The van der Waals surface area contributed by atoms with Crippen LogP contribution in [0.1, 0.15) is 57.9 Å². The van der Waals surface area contributed by atoms with Crippen LogP contribution in [0.2, 0.25) is 0 Å². The molecule has 22 heavy (non-hydrogen) atoms. The number of nitrogens with two attached hydrogens (primary N) is 1. The molecule has 0 radical (unpaired) electrons. The van der Waals surface area contributed by atoms with Crippen LogP contribution in [0, 0.1) is 0 Å². The first-order valence-corrected chi connectivity index (χ1v) is 8.99. The predicted octanol–water partition coefficient (Wildman–Crippen LogP) is 4.25. The van der Waals surface area contributed by atoms with Crippen molar-refractivity contribution in [2.75, 3.05) is 25.4 Å². The van der Waals surface area contributed by atoms with Crippen molar-refractivity contribution in [3.8, 4) is 5.75 Å². The Morgan fingerprint density at radius 1 is 1.27 bits per heavy atom. The smallest absolute Gasteiger partial charge is 0.142 e. The number of benzene rings is 1. The van der Waals surface area contributed by atoms with Gasteiger partial charge in [-0.25, -0.2) is 0 Å². The van der Waals surface area contributed by atoms with Gasteiger partial charge in [0.2, 0.25) is 0 Å². The molecule has 0 spiro atoms. The molecule has 1 aromatic rings. The molecule has 2 rings (SSSR count). The number of piperidine rings is 1. The summed E-state index contributed by atoms with van der Waals surface area (Å²) in [5.41, 5.74) is 8.18. The highest BCUT2D eigenvalue weighted by atomic mass is 16.5. The van der Waals surface area contributed by atoms with Gasteiger partial charge in [-0.15, -0.1) is 0 Å². The topological polar surface area (TPSA) is 38.5 Å². The van der Waals surface area contributed by atoms with Crippen molar-refractivity contribution in [1.29, 1.82) is 0 Å². The molecule has 1 atom stereocenters. The molecule has 1 aliphatic heterocycles. The standard InChI is InChI=1S/C19H32N2O/c1-3-14-22-19-11-10-16(15-18(19)20)8-7-13-21-12-6-5-9-17(21)4-2/h10-11,15,17H,3-9,12-14,20H2,1-2H3. The minimum absolute atomic E-state index is 0.733. The van der Waals surface area contributed by atoms with E-state index in [9.17, 15) is 0 Å². The number of anilines is 1. The number of nitrogens with zero attached hydrogens (tertiary/aromatic N) is 1. The first kappa shape index (κ1) is 17.1. The Labute approximate surface area is 135 Å². The van der Waals surface area contributed by atoms with Crippen molar-refractivity contribution in [2.24, 2.45) is 0 Å². The van der Waals surface area contributed by atoms with Gasteiger partial charge in [0.25, 0.3) is 0 Å². The number of rotatable bonds is 8. The highest BCUT2D eigenvalue weighted by Gasteiger charge is 2.19. The third-order valence-electron chi connectivity index (χ3n) is 4.67. The number of hydrogen-bond acceptors (Lipinski definition) is 3.